The summed E-state index contributed by atoms with van der Waals surface area (Å²) in [6.07, 6.45) is 11.4. The van der Waals surface area contributed by atoms with E-state index in [0.717, 1.165) is 29.8 Å². The van der Waals surface area contributed by atoms with Gasteiger partial charge in [-0.05, 0) is 49.9 Å². The van der Waals surface area contributed by atoms with Crippen molar-refractivity contribution in [3.8, 4) is 0 Å². The van der Waals surface area contributed by atoms with E-state index in [4.69, 9.17) is 0 Å². The molecule has 0 aromatic carbocycles. The lowest BCUT2D eigenvalue weighted by molar-refractivity contribution is 0.307. The normalized spacial score (nSPS) is 43.6. The van der Waals surface area contributed by atoms with Crippen LogP contribution in [0, 0.1) is 17.8 Å². The highest BCUT2D eigenvalue weighted by atomic mass is 15.0. The van der Waals surface area contributed by atoms with Crippen LogP contribution in [0.15, 0.2) is 0 Å². The molecule has 100 valence electrons. The Morgan fingerprint density at radius 2 is 1.76 bits per heavy atom. The van der Waals surface area contributed by atoms with E-state index >= 15 is 0 Å². The number of nitrogens with one attached hydrogen (secondary N) is 1. The molecule has 0 aromatic heterocycles. The van der Waals surface area contributed by atoms with Gasteiger partial charge in [-0.15, -0.1) is 0 Å². The molecule has 17 heavy (non-hydrogen) atoms. The van der Waals surface area contributed by atoms with E-state index in [-0.39, 0.29) is 0 Å². The van der Waals surface area contributed by atoms with Crippen LogP contribution >= 0.6 is 0 Å². The van der Waals surface area contributed by atoms with E-state index in [1.54, 1.807) is 0 Å². The van der Waals surface area contributed by atoms with E-state index in [2.05, 4.69) is 26.1 Å². The molecule has 0 aromatic rings. The van der Waals surface area contributed by atoms with Gasteiger partial charge in [-0.1, -0.05) is 40.0 Å². The number of hydrogen-bond donors (Lipinski definition) is 1. The van der Waals surface area contributed by atoms with Crippen molar-refractivity contribution in [3.63, 3.8) is 0 Å². The molecule has 2 saturated carbocycles. The second-order valence-electron chi connectivity index (χ2n) is 6.69. The third kappa shape index (κ3) is 3.47. The Kier molecular flexibility index (Phi) is 4.90. The van der Waals surface area contributed by atoms with Crippen LogP contribution in [-0.2, 0) is 0 Å². The standard InChI is InChI=1S/C16H31N/c1-4-14-9-11-16(13(14)3)17-15-7-5-6-12(2)8-10-15/h12-17H,4-11H2,1-3H3. The fourth-order valence-electron chi connectivity index (χ4n) is 4.02. The second-order valence-corrected chi connectivity index (χ2v) is 6.69. The largest absolute Gasteiger partial charge is 0.311 e. The molecule has 2 fully saturated rings. The molecule has 0 heterocycles. The zero-order valence-electron chi connectivity index (χ0n) is 12.0. The molecule has 1 nitrogen and oxygen atoms in total. The Morgan fingerprint density at radius 1 is 0.941 bits per heavy atom. The minimum atomic E-state index is 0.818. The highest BCUT2D eigenvalue weighted by molar-refractivity contribution is 4.89. The first-order valence-corrected chi connectivity index (χ1v) is 7.96. The van der Waals surface area contributed by atoms with Crippen molar-refractivity contribution >= 4 is 0 Å². The first-order chi connectivity index (χ1) is 8.20. The smallest absolute Gasteiger partial charge is 0.00980 e. The minimum absolute atomic E-state index is 0.818. The highest BCUT2D eigenvalue weighted by Gasteiger charge is 2.32. The van der Waals surface area contributed by atoms with E-state index < -0.39 is 0 Å². The number of rotatable bonds is 3. The van der Waals surface area contributed by atoms with Gasteiger partial charge in [-0.2, -0.15) is 0 Å². The predicted molar refractivity (Wildman–Crippen MR) is 75.1 cm³/mol. The molecule has 2 aliphatic rings. The van der Waals surface area contributed by atoms with Gasteiger partial charge in [-0.25, -0.2) is 0 Å². The van der Waals surface area contributed by atoms with Crippen LogP contribution in [0.5, 0.6) is 0 Å². The van der Waals surface area contributed by atoms with E-state index in [1.807, 2.05) is 0 Å². The van der Waals surface area contributed by atoms with Crippen LogP contribution in [0.4, 0.5) is 0 Å². The van der Waals surface area contributed by atoms with Gasteiger partial charge >= 0.3 is 0 Å². The van der Waals surface area contributed by atoms with Crippen LogP contribution in [-0.4, -0.2) is 12.1 Å². The van der Waals surface area contributed by atoms with Gasteiger partial charge in [0, 0.05) is 12.1 Å². The van der Waals surface area contributed by atoms with Crippen molar-refractivity contribution in [1.82, 2.24) is 5.32 Å². The van der Waals surface area contributed by atoms with Crippen LogP contribution in [0.1, 0.15) is 72.1 Å². The molecule has 0 saturated heterocycles. The Morgan fingerprint density at radius 3 is 2.47 bits per heavy atom. The zero-order chi connectivity index (χ0) is 12.3. The third-order valence-corrected chi connectivity index (χ3v) is 5.46. The summed E-state index contributed by atoms with van der Waals surface area (Å²) in [6, 6.07) is 1.64. The Balaban J connectivity index is 1.80. The fourth-order valence-corrected chi connectivity index (χ4v) is 4.02. The van der Waals surface area contributed by atoms with Crippen molar-refractivity contribution in [1.29, 1.82) is 0 Å². The summed E-state index contributed by atoms with van der Waals surface area (Å²) in [4.78, 5) is 0. The van der Waals surface area contributed by atoms with E-state index in [9.17, 15) is 0 Å². The highest BCUT2D eigenvalue weighted by Crippen LogP contribution is 2.35. The van der Waals surface area contributed by atoms with Gasteiger partial charge < -0.3 is 5.32 Å². The quantitative estimate of drug-likeness (QED) is 0.719. The average Bonchev–Trinajstić information content (AvgIpc) is 2.53. The van der Waals surface area contributed by atoms with E-state index in [0.29, 0.717) is 0 Å². The predicted octanol–water partition coefficient (Wildman–Crippen LogP) is 4.37. The summed E-state index contributed by atoms with van der Waals surface area (Å²) in [5, 5.41) is 3.99. The van der Waals surface area contributed by atoms with Crippen molar-refractivity contribution in [2.24, 2.45) is 17.8 Å². The molecule has 2 rings (SSSR count). The zero-order valence-corrected chi connectivity index (χ0v) is 12.0. The molecule has 5 unspecified atom stereocenters. The second kappa shape index (κ2) is 6.22. The summed E-state index contributed by atoms with van der Waals surface area (Å²) >= 11 is 0. The van der Waals surface area contributed by atoms with Gasteiger partial charge in [0.25, 0.3) is 0 Å². The molecule has 0 spiro atoms. The maximum Gasteiger partial charge on any atom is 0.00980 e. The van der Waals surface area contributed by atoms with Crippen LogP contribution < -0.4 is 5.32 Å². The lowest BCUT2D eigenvalue weighted by Crippen LogP contribution is -2.40. The topological polar surface area (TPSA) is 12.0 Å². The molecule has 0 amide bonds. The van der Waals surface area contributed by atoms with Crippen LogP contribution in [0.2, 0.25) is 0 Å². The van der Waals surface area contributed by atoms with Crippen molar-refractivity contribution in [2.75, 3.05) is 0 Å². The Labute approximate surface area is 108 Å². The van der Waals surface area contributed by atoms with Crippen molar-refractivity contribution in [2.45, 2.75) is 84.2 Å². The summed E-state index contributed by atoms with van der Waals surface area (Å²) in [7, 11) is 0. The van der Waals surface area contributed by atoms with Gasteiger partial charge in [0.1, 0.15) is 0 Å². The summed E-state index contributed by atoms with van der Waals surface area (Å²) in [5.41, 5.74) is 0. The molecular formula is C16H31N. The monoisotopic (exact) mass is 237 g/mol. The molecule has 5 atom stereocenters. The van der Waals surface area contributed by atoms with Crippen LogP contribution in [0.25, 0.3) is 0 Å². The third-order valence-electron chi connectivity index (χ3n) is 5.46. The number of hydrogen-bond acceptors (Lipinski definition) is 1. The summed E-state index contributed by atoms with van der Waals surface area (Å²) in [5.74, 6) is 2.85. The SMILES string of the molecule is CCC1CCC(NC2CCCC(C)CC2)C1C. The van der Waals surface area contributed by atoms with Crippen LogP contribution in [0.3, 0.4) is 0 Å². The minimum Gasteiger partial charge on any atom is -0.311 e. The lowest BCUT2D eigenvalue weighted by Gasteiger charge is -2.26. The maximum absolute atomic E-state index is 3.99. The molecular weight excluding hydrogens is 206 g/mol. The van der Waals surface area contributed by atoms with Crippen molar-refractivity contribution in [3.05, 3.63) is 0 Å². The molecule has 1 heteroatoms. The first kappa shape index (κ1) is 13.4. The van der Waals surface area contributed by atoms with Gasteiger partial charge in [0.2, 0.25) is 0 Å². The van der Waals surface area contributed by atoms with Gasteiger partial charge in [0.05, 0.1) is 0 Å². The molecule has 1 N–H and O–H groups in total. The Bertz CT molecular complexity index is 226. The van der Waals surface area contributed by atoms with Gasteiger partial charge in [0.15, 0.2) is 0 Å². The summed E-state index contributed by atoms with van der Waals surface area (Å²) in [6.45, 7) is 7.25. The van der Waals surface area contributed by atoms with E-state index in [1.165, 1.54) is 51.4 Å². The fraction of sp³-hybridized carbons (Fsp3) is 1.00. The summed E-state index contributed by atoms with van der Waals surface area (Å²) < 4.78 is 0. The van der Waals surface area contributed by atoms with Gasteiger partial charge in [-0.3, -0.25) is 0 Å². The Hall–Kier alpha value is -0.0400. The van der Waals surface area contributed by atoms with Crippen molar-refractivity contribution < 1.29 is 0 Å². The molecule has 0 bridgehead atoms. The molecule has 0 radical (unpaired) electrons. The maximum atomic E-state index is 3.99. The molecule has 2 aliphatic carbocycles. The average molecular weight is 237 g/mol. The first-order valence-electron chi connectivity index (χ1n) is 7.96. The lowest BCUT2D eigenvalue weighted by atomic mass is 9.93. The molecule has 0 aliphatic heterocycles.